The van der Waals surface area contributed by atoms with E-state index in [2.05, 4.69) is 10.6 Å². The maximum absolute atomic E-state index is 13.5. The van der Waals surface area contributed by atoms with E-state index in [1.165, 1.54) is 12.1 Å². The molecule has 1 aliphatic heterocycles. The van der Waals surface area contributed by atoms with Gasteiger partial charge < -0.3 is 10.6 Å². The first-order valence-electron chi connectivity index (χ1n) is 10.6. The summed E-state index contributed by atoms with van der Waals surface area (Å²) in [5, 5.41) is 5.20. The van der Waals surface area contributed by atoms with Crippen molar-refractivity contribution in [3.8, 4) is 0 Å². The Morgan fingerprint density at radius 3 is 2.29 bits per heavy atom. The predicted octanol–water partition coefficient (Wildman–Crippen LogP) is 6.09. The van der Waals surface area contributed by atoms with E-state index in [-0.39, 0.29) is 27.3 Å². The Morgan fingerprint density at radius 1 is 0.857 bits per heavy atom. The fourth-order valence-electron chi connectivity index (χ4n) is 3.65. The van der Waals surface area contributed by atoms with Crippen LogP contribution in [0.1, 0.15) is 27.0 Å². The Kier molecular flexibility index (Phi) is 6.65. The van der Waals surface area contributed by atoms with E-state index in [4.69, 9.17) is 23.2 Å². The molecule has 0 radical (unpaired) electrons. The van der Waals surface area contributed by atoms with Crippen LogP contribution in [0.4, 0.5) is 21.5 Å². The zero-order chi connectivity index (χ0) is 25.4. The predicted molar refractivity (Wildman–Crippen MR) is 135 cm³/mol. The quantitative estimate of drug-likeness (QED) is 0.406. The van der Waals surface area contributed by atoms with Gasteiger partial charge in [-0.2, -0.15) is 0 Å². The average Bonchev–Trinajstić information content (AvgIpc) is 3.02. The molecule has 0 aliphatic carbocycles. The number of rotatable bonds is 5. The lowest BCUT2D eigenvalue weighted by molar-refractivity contribution is -0.120. The Bertz CT molecular complexity index is 1440. The lowest BCUT2D eigenvalue weighted by Crippen LogP contribution is -2.32. The van der Waals surface area contributed by atoms with Crippen LogP contribution in [0.2, 0.25) is 5.02 Å². The molecule has 2 N–H and O–H groups in total. The second-order valence-electron chi connectivity index (χ2n) is 8.16. The molecular formula is C26H20Cl2FN3O3. The molecule has 0 atom stereocenters. The highest BCUT2D eigenvalue weighted by atomic mass is 35.5. The number of benzene rings is 3. The lowest BCUT2D eigenvalue weighted by atomic mass is 10.1. The van der Waals surface area contributed by atoms with Crippen molar-refractivity contribution in [1.29, 1.82) is 0 Å². The van der Waals surface area contributed by atoms with Crippen molar-refractivity contribution in [2.45, 2.75) is 20.8 Å². The number of carbonyl (C=O) groups is 3. The SMILES string of the molecule is Cc1ccc(NC(=O)c2ccc(C)c(NC3=C(Cl)C(=O)N(c4ccc(F)c(Cl)c4)C3=O)c2)c(C)c1. The monoisotopic (exact) mass is 511 g/mol. The van der Waals surface area contributed by atoms with Crippen molar-refractivity contribution in [3.05, 3.63) is 98.4 Å². The molecule has 0 saturated carbocycles. The highest BCUT2D eigenvalue weighted by Gasteiger charge is 2.39. The Hall–Kier alpha value is -3.68. The van der Waals surface area contributed by atoms with Crippen molar-refractivity contribution < 1.29 is 18.8 Å². The number of nitrogens with zero attached hydrogens (tertiary/aromatic N) is 1. The van der Waals surface area contributed by atoms with Crippen LogP contribution in [0.25, 0.3) is 0 Å². The number of amides is 3. The maximum atomic E-state index is 13.5. The summed E-state index contributed by atoms with van der Waals surface area (Å²) in [4.78, 5) is 39.4. The average molecular weight is 512 g/mol. The van der Waals surface area contributed by atoms with Gasteiger partial charge in [-0.3, -0.25) is 14.4 Å². The number of halogens is 3. The first-order valence-corrected chi connectivity index (χ1v) is 11.3. The molecule has 3 aromatic carbocycles. The van der Waals surface area contributed by atoms with Gasteiger partial charge in [0.25, 0.3) is 17.7 Å². The van der Waals surface area contributed by atoms with Crippen LogP contribution in [0.3, 0.4) is 0 Å². The van der Waals surface area contributed by atoms with Gasteiger partial charge in [0.15, 0.2) is 0 Å². The van der Waals surface area contributed by atoms with Gasteiger partial charge in [-0.25, -0.2) is 9.29 Å². The van der Waals surface area contributed by atoms with E-state index in [0.717, 1.165) is 22.1 Å². The van der Waals surface area contributed by atoms with Gasteiger partial charge in [-0.05, 0) is 68.3 Å². The van der Waals surface area contributed by atoms with Crippen molar-refractivity contribution in [2.24, 2.45) is 0 Å². The minimum Gasteiger partial charge on any atom is -0.349 e. The summed E-state index contributed by atoms with van der Waals surface area (Å²) in [7, 11) is 0. The van der Waals surface area contributed by atoms with E-state index < -0.39 is 17.6 Å². The molecule has 3 amide bonds. The molecule has 178 valence electrons. The molecule has 0 fully saturated rings. The largest absolute Gasteiger partial charge is 0.349 e. The maximum Gasteiger partial charge on any atom is 0.283 e. The Labute approximate surface area is 211 Å². The first-order chi connectivity index (χ1) is 16.6. The smallest absolute Gasteiger partial charge is 0.283 e. The fraction of sp³-hybridized carbons (Fsp3) is 0.115. The molecule has 0 unspecified atom stereocenters. The van der Waals surface area contributed by atoms with Crippen LogP contribution in [-0.2, 0) is 9.59 Å². The van der Waals surface area contributed by atoms with Crippen molar-refractivity contribution in [2.75, 3.05) is 15.5 Å². The summed E-state index contributed by atoms with van der Waals surface area (Å²) in [6.07, 6.45) is 0. The summed E-state index contributed by atoms with van der Waals surface area (Å²) in [5.74, 6) is -2.52. The second kappa shape index (κ2) is 9.52. The molecule has 3 aromatic rings. The summed E-state index contributed by atoms with van der Waals surface area (Å²) in [5.41, 5.74) is 4.10. The molecule has 0 saturated heterocycles. The van der Waals surface area contributed by atoms with Gasteiger partial charge in [-0.1, -0.05) is 47.0 Å². The third kappa shape index (κ3) is 4.78. The number of hydrogen-bond acceptors (Lipinski definition) is 4. The van der Waals surface area contributed by atoms with Gasteiger partial charge in [0.2, 0.25) is 0 Å². The van der Waals surface area contributed by atoms with E-state index in [1.807, 2.05) is 32.0 Å². The van der Waals surface area contributed by atoms with Crippen molar-refractivity contribution in [1.82, 2.24) is 0 Å². The van der Waals surface area contributed by atoms with E-state index >= 15 is 0 Å². The molecule has 1 aliphatic rings. The summed E-state index contributed by atoms with van der Waals surface area (Å²) >= 11 is 12.0. The van der Waals surface area contributed by atoms with E-state index in [0.29, 0.717) is 22.5 Å². The Balaban J connectivity index is 1.59. The molecule has 35 heavy (non-hydrogen) atoms. The number of nitrogens with one attached hydrogen (secondary N) is 2. The number of hydrogen-bond donors (Lipinski definition) is 2. The van der Waals surface area contributed by atoms with Crippen LogP contribution in [-0.4, -0.2) is 17.7 Å². The second-order valence-corrected chi connectivity index (χ2v) is 8.95. The van der Waals surface area contributed by atoms with Gasteiger partial charge in [0, 0.05) is 16.9 Å². The van der Waals surface area contributed by atoms with Gasteiger partial charge >= 0.3 is 0 Å². The lowest BCUT2D eigenvalue weighted by Gasteiger charge is -2.16. The van der Waals surface area contributed by atoms with Crippen LogP contribution in [0, 0.1) is 26.6 Å². The molecular weight excluding hydrogens is 492 g/mol. The minimum absolute atomic E-state index is 0.0830. The van der Waals surface area contributed by atoms with Crippen LogP contribution < -0.4 is 15.5 Å². The molecule has 0 aromatic heterocycles. The molecule has 9 heteroatoms. The molecule has 0 spiro atoms. The highest BCUT2D eigenvalue weighted by Crippen LogP contribution is 2.33. The van der Waals surface area contributed by atoms with Gasteiger partial charge in [0.05, 0.1) is 10.7 Å². The minimum atomic E-state index is -0.775. The van der Waals surface area contributed by atoms with Gasteiger partial charge in [0.1, 0.15) is 16.5 Å². The van der Waals surface area contributed by atoms with Gasteiger partial charge in [-0.15, -0.1) is 0 Å². The van der Waals surface area contributed by atoms with Crippen LogP contribution in [0.15, 0.2) is 65.3 Å². The molecule has 4 rings (SSSR count). The number of aryl methyl sites for hydroxylation is 3. The Morgan fingerprint density at radius 2 is 1.60 bits per heavy atom. The summed E-state index contributed by atoms with van der Waals surface area (Å²) in [6, 6.07) is 14.1. The zero-order valence-electron chi connectivity index (χ0n) is 19.0. The first kappa shape index (κ1) is 24.4. The number of anilines is 3. The molecule has 0 bridgehead atoms. The van der Waals surface area contributed by atoms with Crippen molar-refractivity contribution in [3.63, 3.8) is 0 Å². The van der Waals surface area contributed by atoms with Crippen LogP contribution >= 0.6 is 23.2 Å². The van der Waals surface area contributed by atoms with Crippen molar-refractivity contribution >= 4 is 58.0 Å². The number of imide groups is 1. The summed E-state index contributed by atoms with van der Waals surface area (Å²) in [6.45, 7) is 5.65. The third-order valence-electron chi connectivity index (χ3n) is 5.58. The topological polar surface area (TPSA) is 78.5 Å². The highest BCUT2D eigenvalue weighted by molar-refractivity contribution is 6.53. The number of carbonyl (C=O) groups excluding carboxylic acids is 3. The fourth-order valence-corrected chi connectivity index (χ4v) is 4.04. The van der Waals surface area contributed by atoms with E-state index in [1.54, 1.807) is 25.1 Å². The zero-order valence-corrected chi connectivity index (χ0v) is 20.5. The standard InChI is InChI=1S/C26H20Cl2FN3O3/c1-13-4-9-20(15(3)10-13)31-24(33)16-6-5-14(2)21(11-16)30-23-22(28)25(34)32(26(23)35)17-7-8-19(29)18(27)12-17/h4-12,30H,1-3H3,(H,31,33). The third-order valence-corrected chi connectivity index (χ3v) is 6.22. The normalized spacial score (nSPS) is 13.5. The molecule has 1 heterocycles. The van der Waals surface area contributed by atoms with Crippen LogP contribution in [0.5, 0.6) is 0 Å². The summed E-state index contributed by atoms with van der Waals surface area (Å²) < 4.78 is 13.5. The molecule has 6 nitrogen and oxygen atoms in total. The van der Waals surface area contributed by atoms with E-state index in [9.17, 15) is 18.8 Å².